The Balaban J connectivity index is 0.00000225. The fourth-order valence-corrected chi connectivity index (χ4v) is 2.88. The van der Waals surface area contributed by atoms with E-state index >= 15 is 0 Å². The summed E-state index contributed by atoms with van der Waals surface area (Å²) in [6, 6.07) is 9.46. The van der Waals surface area contributed by atoms with Gasteiger partial charge in [-0.25, -0.2) is 0 Å². The first-order valence-corrected chi connectivity index (χ1v) is 8.00. The lowest BCUT2D eigenvalue weighted by Crippen LogP contribution is -2.30. The molecule has 0 atom stereocenters. The molecule has 6 heteroatoms. The Kier molecular flexibility index (Phi) is 6.62. The Morgan fingerprint density at radius 2 is 1.84 bits per heavy atom. The summed E-state index contributed by atoms with van der Waals surface area (Å²) < 4.78 is 37.8. The maximum atomic E-state index is 12.6. The van der Waals surface area contributed by atoms with Gasteiger partial charge >= 0.3 is 6.18 Å². The average Bonchev–Trinajstić information content (AvgIpc) is 2.61. The number of nitrogens with zero attached hydrogens (tertiary/aromatic N) is 2. The van der Waals surface area contributed by atoms with Crippen LogP contribution in [0.1, 0.15) is 23.1 Å². The second kappa shape index (κ2) is 8.50. The minimum atomic E-state index is -4.28. The molecule has 0 saturated carbocycles. The minimum absolute atomic E-state index is 0. The third kappa shape index (κ3) is 5.31. The van der Waals surface area contributed by atoms with Gasteiger partial charge in [-0.15, -0.1) is 12.4 Å². The van der Waals surface area contributed by atoms with Crippen molar-refractivity contribution in [1.29, 1.82) is 0 Å². The molecule has 0 unspecified atom stereocenters. The van der Waals surface area contributed by atoms with Gasteiger partial charge in [-0.3, -0.25) is 9.88 Å². The normalized spacial score (nSPS) is 15.4. The number of pyridine rings is 1. The van der Waals surface area contributed by atoms with Crippen LogP contribution < -0.4 is 0 Å². The quantitative estimate of drug-likeness (QED) is 0.766. The van der Waals surface area contributed by atoms with Crippen LogP contribution in [0.15, 0.2) is 54.9 Å². The summed E-state index contributed by atoms with van der Waals surface area (Å²) in [7, 11) is 0. The van der Waals surface area contributed by atoms with Crippen LogP contribution in [0.2, 0.25) is 0 Å². The van der Waals surface area contributed by atoms with E-state index in [0.29, 0.717) is 0 Å². The van der Waals surface area contributed by atoms with Gasteiger partial charge in [0.05, 0.1) is 5.56 Å². The largest absolute Gasteiger partial charge is 0.416 e. The summed E-state index contributed by atoms with van der Waals surface area (Å²) in [4.78, 5) is 6.46. The molecular formula is C19H20ClF3N2. The van der Waals surface area contributed by atoms with Crippen LogP contribution in [-0.2, 0) is 12.6 Å². The van der Waals surface area contributed by atoms with Crippen molar-refractivity contribution < 1.29 is 13.2 Å². The zero-order valence-corrected chi connectivity index (χ0v) is 14.5. The van der Waals surface area contributed by atoms with E-state index in [2.05, 4.69) is 22.0 Å². The van der Waals surface area contributed by atoms with Crippen molar-refractivity contribution in [1.82, 2.24) is 9.88 Å². The summed E-state index contributed by atoms with van der Waals surface area (Å²) in [5, 5.41) is 0. The minimum Gasteiger partial charge on any atom is -0.299 e. The molecular weight excluding hydrogens is 349 g/mol. The number of aromatic nitrogens is 1. The molecule has 134 valence electrons. The first-order valence-electron chi connectivity index (χ1n) is 8.00. The number of hydrogen-bond donors (Lipinski definition) is 0. The lowest BCUT2D eigenvalue weighted by Gasteiger charge is -2.26. The van der Waals surface area contributed by atoms with Gasteiger partial charge < -0.3 is 0 Å². The standard InChI is InChI=1S/C19H19F3N2.ClH/c20-19(21,22)18-5-3-16(4-6-18)17-8-12-24(13-9-17)11-7-15-2-1-10-23-14-15;/h1-6,8,10,14H,7,9,11-13H2;1H. The molecule has 1 aromatic carbocycles. The van der Waals surface area contributed by atoms with Gasteiger partial charge in [-0.05, 0) is 47.7 Å². The molecule has 1 aromatic heterocycles. The van der Waals surface area contributed by atoms with Crippen LogP contribution in [0, 0.1) is 0 Å². The van der Waals surface area contributed by atoms with E-state index in [9.17, 15) is 13.2 Å². The molecule has 2 nitrogen and oxygen atoms in total. The Bertz CT molecular complexity index is 697. The molecule has 2 heterocycles. The number of alkyl halides is 3. The molecule has 0 N–H and O–H groups in total. The second-order valence-electron chi connectivity index (χ2n) is 5.97. The van der Waals surface area contributed by atoms with E-state index in [1.54, 1.807) is 18.3 Å². The van der Waals surface area contributed by atoms with E-state index in [0.717, 1.165) is 55.7 Å². The number of benzene rings is 1. The van der Waals surface area contributed by atoms with Gasteiger partial charge in [0.2, 0.25) is 0 Å². The lowest BCUT2D eigenvalue weighted by atomic mass is 9.98. The number of halogens is 4. The molecule has 0 radical (unpaired) electrons. The van der Waals surface area contributed by atoms with Gasteiger partial charge in [0.1, 0.15) is 0 Å². The van der Waals surface area contributed by atoms with E-state index in [1.807, 2.05) is 12.3 Å². The van der Waals surface area contributed by atoms with Crippen molar-refractivity contribution in [3.05, 3.63) is 71.6 Å². The maximum absolute atomic E-state index is 12.6. The van der Waals surface area contributed by atoms with Gasteiger partial charge in [0.25, 0.3) is 0 Å². The fraction of sp³-hybridized carbons (Fsp3) is 0.316. The molecule has 0 amide bonds. The third-order valence-corrected chi connectivity index (χ3v) is 4.32. The molecule has 2 aromatic rings. The highest BCUT2D eigenvalue weighted by atomic mass is 35.5. The smallest absolute Gasteiger partial charge is 0.299 e. The first-order chi connectivity index (χ1) is 11.5. The summed E-state index contributed by atoms with van der Waals surface area (Å²) in [6.07, 6.45) is 3.31. The van der Waals surface area contributed by atoms with Crippen LogP contribution >= 0.6 is 12.4 Å². The van der Waals surface area contributed by atoms with Gasteiger partial charge in [0, 0.05) is 32.0 Å². The van der Waals surface area contributed by atoms with Crippen molar-refractivity contribution in [2.45, 2.75) is 19.0 Å². The van der Waals surface area contributed by atoms with Crippen LogP contribution in [0.5, 0.6) is 0 Å². The van der Waals surface area contributed by atoms with E-state index in [-0.39, 0.29) is 12.4 Å². The average molecular weight is 369 g/mol. The zero-order valence-electron chi connectivity index (χ0n) is 13.7. The van der Waals surface area contributed by atoms with Gasteiger partial charge in [0.15, 0.2) is 0 Å². The van der Waals surface area contributed by atoms with Crippen molar-refractivity contribution >= 4 is 18.0 Å². The van der Waals surface area contributed by atoms with Gasteiger partial charge in [-0.1, -0.05) is 24.3 Å². The monoisotopic (exact) mass is 368 g/mol. The first kappa shape index (κ1) is 19.5. The Morgan fingerprint density at radius 3 is 2.40 bits per heavy atom. The number of hydrogen-bond acceptors (Lipinski definition) is 2. The summed E-state index contributed by atoms with van der Waals surface area (Å²) in [5.74, 6) is 0. The molecule has 3 rings (SSSR count). The lowest BCUT2D eigenvalue weighted by molar-refractivity contribution is -0.137. The Labute approximate surface area is 151 Å². The van der Waals surface area contributed by atoms with Crippen molar-refractivity contribution in [2.75, 3.05) is 19.6 Å². The van der Waals surface area contributed by atoms with Crippen LogP contribution in [0.3, 0.4) is 0 Å². The summed E-state index contributed by atoms with van der Waals surface area (Å²) >= 11 is 0. The van der Waals surface area contributed by atoms with Crippen molar-refractivity contribution in [2.24, 2.45) is 0 Å². The topological polar surface area (TPSA) is 16.1 Å². The van der Waals surface area contributed by atoms with Crippen LogP contribution in [0.4, 0.5) is 13.2 Å². The van der Waals surface area contributed by atoms with E-state index in [4.69, 9.17) is 0 Å². The summed E-state index contributed by atoms with van der Waals surface area (Å²) in [6.45, 7) is 2.71. The highest BCUT2D eigenvalue weighted by Crippen LogP contribution is 2.31. The van der Waals surface area contributed by atoms with Gasteiger partial charge in [-0.2, -0.15) is 13.2 Å². The molecule has 0 fully saturated rings. The molecule has 0 bridgehead atoms. The molecule has 0 spiro atoms. The SMILES string of the molecule is Cl.FC(F)(F)c1ccc(C2=CCN(CCc3cccnc3)CC2)cc1. The highest BCUT2D eigenvalue weighted by Gasteiger charge is 2.30. The third-order valence-electron chi connectivity index (χ3n) is 4.32. The maximum Gasteiger partial charge on any atom is 0.416 e. The Hall–Kier alpha value is -1.85. The predicted octanol–water partition coefficient (Wildman–Crippen LogP) is 4.85. The fourth-order valence-electron chi connectivity index (χ4n) is 2.88. The van der Waals surface area contributed by atoms with E-state index < -0.39 is 11.7 Å². The molecule has 1 aliphatic heterocycles. The molecule has 25 heavy (non-hydrogen) atoms. The summed E-state index contributed by atoms with van der Waals surface area (Å²) in [5.41, 5.74) is 2.63. The Morgan fingerprint density at radius 1 is 1.08 bits per heavy atom. The predicted molar refractivity (Wildman–Crippen MR) is 95.7 cm³/mol. The second-order valence-corrected chi connectivity index (χ2v) is 5.97. The molecule has 1 aliphatic rings. The van der Waals surface area contributed by atoms with Crippen molar-refractivity contribution in [3.8, 4) is 0 Å². The number of rotatable bonds is 4. The highest BCUT2D eigenvalue weighted by molar-refractivity contribution is 5.85. The van der Waals surface area contributed by atoms with E-state index in [1.165, 1.54) is 5.56 Å². The molecule has 0 saturated heterocycles. The van der Waals surface area contributed by atoms with Crippen LogP contribution in [0.25, 0.3) is 5.57 Å². The van der Waals surface area contributed by atoms with Crippen molar-refractivity contribution in [3.63, 3.8) is 0 Å². The molecule has 0 aliphatic carbocycles. The zero-order chi connectivity index (χ0) is 17.0. The van der Waals surface area contributed by atoms with Crippen LogP contribution in [-0.4, -0.2) is 29.5 Å².